The summed E-state index contributed by atoms with van der Waals surface area (Å²) in [5.74, 6) is 2.03. The Hall–Kier alpha value is -2.56. The molecule has 0 spiro atoms. The van der Waals surface area contributed by atoms with Crippen molar-refractivity contribution in [3.8, 4) is 11.5 Å². The molecule has 1 amide bonds. The highest BCUT2D eigenvalue weighted by Crippen LogP contribution is 2.30. The van der Waals surface area contributed by atoms with Crippen LogP contribution in [0.2, 0.25) is 0 Å². The van der Waals surface area contributed by atoms with Crippen LogP contribution in [-0.2, 0) is 6.42 Å². The summed E-state index contributed by atoms with van der Waals surface area (Å²) in [5.41, 5.74) is 2.69. The monoisotopic (exact) mass is 340 g/mol. The van der Waals surface area contributed by atoms with Crippen LogP contribution in [-0.4, -0.2) is 43.1 Å². The van der Waals surface area contributed by atoms with Crippen LogP contribution in [0.3, 0.4) is 0 Å². The number of aromatic nitrogens is 1. The maximum Gasteiger partial charge on any atom is 0.255 e. The van der Waals surface area contributed by atoms with Crippen LogP contribution in [0.25, 0.3) is 0 Å². The first-order valence-corrected chi connectivity index (χ1v) is 8.54. The van der Waals surface area contributed by atoms with E-state index in [4.69, 9.17) is 9.47 Å². The molecule has 1 unspecified atom stereocenters. The fourth-order valence-corrected chi connectivity index (χ4v) is 3.41. The highest BCUT2D eigenvalue weighted by molar-refractivity contribution is 5.95. The third-order valence-corrected chi connectivity index (χ3v) is 4.78. The molecule has 1 aromatic heterocycles. The van der Waals surface area contributed by atoms with Crippen LogP contribution in [0, 0.1) is 12.8 Å². The number of pyridine rings is 1. The van der Waals surface area contributed by atoms with Crippen LogP contribution in [0.15, 0.2) is 36.5 Å². The molecule has 1 saturated heterocycles. The molecule has 3 rings (SSSR count). The van der Waals surface area contributed by atoms with Gasteiger partial charge in [0.15, 0.2) is 11.5 Å². The first-order valence-electron chi connectivity index (χ1n) is 8.54. The average molecular weight is 340 g/mol. The fraction of sp³-hybridized carbons (Fsp3) is 0.400. The Morgan fingerprint density at radius 2 is 2.04 bits per heavy atom. The van der Waals surface area contributed by atoms with Gasteiger partial charge in [-0.15, -0.1) is 0 Å². The average Bonchev–Trinajstić information content (AvgIpc) is 3.10. The van der Waals surface area contributed by atoms with Gasteiger partial charge in [-0.05, 0) is 55.5 Å². The minimum absolute atomic E-state index is 0.0837. The maximum absolute atomic E-state index is 12.7. The number of ether oxygens (including phenoxy) is 2. The summed E-state index contributed by atoms with van der Waals surface area (Å²) in [6.07, 6.45) is 3.66. The van der Waals surface area contributed by atoms with Crippen LogP contribution in [0.4, 0.5) is 0 Å². The molecule has 1 aliphatic heterocycles. The summed E-state index contributed by atoms with van der Waals surface area (Å²) in [6.45, 7) is 3.46. The predicted octanol–water partition coefficient (Wildman–Crippen LogP) is 3.11. The lowest BCUT2D eigenvalue weighted by Crippen LogP contribution is -2.29. The Bertz CT molecular complexity index is 760. The number of methoxy groups -OCH3 is 2. The molecule has 1 atom stereocenters. The van der Waals surface area contributed by atoms with E-state index in [9.17, 15) is 4.79 Å². The zero-order chi connectivity index (χ0) is 17.8. The van der Waals surface area contributed by atoms with Gasteiger partial charge >= 0.3 is 0 Å². The summed E-state index contributed by atoms with van der Waals surface area (Å²) in [6, 6.07) is 9.69. The van der Waals surface area contributed by atoms with E-state index >= 15 is 0 Å². The lowest BCUT2D eigenvalue weighted by molar-refractivity contribution is 0.0786. The van der Waals surface area contributed by atoms with Gasteiger partial charge in [-0.1, -0.05) is 6.07 Å². The van der Waals surface area contributed by atoms with Gasteiger partial charge in [-0.2, -0.15) is 0 Å². The van der Waals surface area contributed by atoms with Crippen molar-refractivity contribution in [2.45, 2.75) is 19.8 Å². The summed E-state index contributed by atoms with van der Waals surface area (Å²) >= 11 is 0. The van der Waals surface area contributed by atoms with Crippen molar-refractivity contribution in [3.63, 3.8) is 0 Å². The molecule has 0 saturated carbocycles. The van der Waals surface area contributed by atoms with E-state index in [1.165, 1.54) is 5.56 Å². The molecule has 1 aliphatic rings. The van der Waals surface area contributed by atoms with Gasteiger partial charge in [0.25, 0.3) is 5.91 Å². The molecule has 0 aliphatic carbocycles. The Labute approximate surface area is 148 Å². The van der Waals surface area contributed by atoms with Gasteiger partial charge in [0, 0.05) is 25.0 Å². The molecule has 1 fully saturated rings. The maximum atomic E-state index is 12.7. The SMILES string of the molecule is COc1ccc(CC2CCN(C(=O)c3cccnc3C)C2)cc1OC. The van der Waals surface area contributed by atoms with Crippen LogP contribution in [0.1, 0.15) is 28.0 Å². The number of carbonyl (C=O) groups is 1. The molecule has 0 radical (unpaired) electrons. The number of aryl methyl sites for hydroxylation is 1. The zero-order valence-corrected chi connectivity index (χ0v) is 15.0. The lowest BCUT2D eigenvalue weighted by Gasteiger charge is -2.18. The van der Waals surface area contributed by atoms with Gasteiger partial charge in [0.1, 0.15) is 0 Å². The molecule has 0 N–H and O–H groups in total. The van der Waals surface area contributed by atoms with Crippen molar-refractivity contribution >= 4 is 5.91 Å². The minimum atomic E-state index is 0.0837. The Morgan fingerprint density at radius 3 is 2.76 bits per heavy atom. The first-order chi connectivity index (χ1) is 12.1. The smallest absolute Gasteiger partial charge is 0.255 e. The second kappa shape index (κ2) is 7.55. The zero-order valence-electron chi connectivity index (χ0n) is 15.0. The minimum Gasteiger partial charge on any atom is -0.493 e. The third kappa shape index (κ3) is 3.76. The molecular weight excluding hydrogens is 316 g/mol. The van der Waals surface area contributed by atoms with Crippen molar-refractivity contribution in [2.24, 2.45) is 5.92 Å². The number of nitrogens with zero attached hydrogens (tertiary/aromatic N) is 2. The number of likely N-dealkylation sites (tertiary alicyclic amines) is 1. The van der Waals surface area contributed by atoms with Crippen molar-refractivity contribution in [1.29, 1.82) is 0 Å². The Morgan fingerprint density at radius 1 is 1.24 bits per heavy atom. The van der Waals surface area contributed by atoms with Crippen molar-refractivity contribution in [3.05, 3.63) is 53.3 Å². The molecule has 0 bridgehead atoms. The summed E-state index contributed by atoms with van der Waals surface area (Å²) in [7, 11) is 3.28. The van der Waals surface area contributed by atoms with Gasteiger partial charge in [-0.25, -0.2) is 0 Å². The number of benzene rings is 1. The number of amides is 1. The van der Waals surface area contributed by atoms with Crippen LogP contribution < -0.4 is 9.47 Å². The summed E-state index contributed by atoms with van der Waals surface area (Å²) < 4.78 is 10.7. The van der Waals surface area contributed by atoms with Crippen molar-refractivity contribution < 1.29 is 14.3 Å². The van der Waals surface area contributed by atoms with E-state index in [1.807, 2.05) is 36.1 Å². The van der Waals surface area contributed by atoms with Gasteiger partial charge in [-0.3, -0.25) is 9.78 Å². The highest BCUT2D eigenvalue weighted by Gasteiger charge is 2.28. The van der Waals surface area contributed by atoms with E-state index in [0.717, 1.165) is 43.1 Å². The molecule has 25 heavy (non-hydrogen) atoms. The Balaban J connectivity index is 1.65. The van der Waals surface area contributed by atoms with E-state index in [-0.39, 0.29) is 5.91 Å². The van der Waals surface area contributed by atoms with E-state index in [1.54, 1.807) is 20.4 Å². The standard InChI is InChI=1S/C20H24N2O3/c1-14-17(5-4-9-21-14)20(23)22-10-8-16(13-22)11-15-6-7-18(24-2)19(12-15)25-3/h4-7,9,12,16H,8,10-11,13H2,1-3H3. The van der Waals surface area contributed by atoms with Crippen molar-refractivity contribution in [2.75, 3.05) is 27.3 Å². The number of carbonyl (C=O) groups excluding carboxylic acids is 1. The van der Waals surface area contributed by atoms with Gasteiger partial charge in [0.2, 0.25) is 0 Å². The van der Waals surface area contributed by atoms with Gasteiger partial charge in [0.05, 0.1) is 19.8 Å². The van der Waals surface area contributed by atoms with E-state index in [0.29, 0.717) is 11.5 Å². The van der Waals surface area contributed by atoms with Crippen LogP contribution >= 0.6 is 0 Å². The van der Waals surface area contributed by atoms with Gasteiger partial charge < -0.3 is 14.4 Å². The lowest BCUT2D eigenvalue weighted by atomic mass is 9.98. The molecule has 1 aromatic carbocycles. The molecule has 5 heteroatoms. The summed E-state index contributed by atoms with van der Waals surface area (Å²) in [4.78, 5) is 18.9. The molecular formula is C20H24N2O3. The number of rotatable bonds is 5. The number of hydrogen-bond acceptors (Lipinski definition) is 4. The molecule has 2 aromatic rings. The van der Waals surface area contributed by atoms with Crippen molar-refractivity contribution in [1.82, 2.24) is 9.88 Å². The number of hydrogen-bond donors (Lipinski definition) is 0. The van der Waals surface area contributed by atoms with Crippen LogP contribution in [0.5, 0.6) is 11.5 Å². The normalized spacial score (nSPS) is 16.8. The second-order valence-electron chi connectivity index (χ2n) is 6.44. The topological polar surface area (TPSA) is 51.7 Å². The molecule has 132 valence electrons. The van der Waals surface area contributed by atoms with E-state index < -0.39 is 0 Å². The second-order valence-corrected chi connectivity index (χ2v) is 6.44. The Kier molecular flexibility index (Phi) is 5.22. The van der Waals surface area contributed by atoms with E-state index in [2.05, 4.69) is 11.1 Å². The fourth-order valence-electron chi connectivity index (χ4n) is 3.41. The molecule has 5 nitrogen and oxygen atoms in total. The molecule has 2 heterocycles. The predicted molar refractivity (Wildman–Crippen MR) is 96.2 cm³/mol. The third-order valence-electron chi connectivity index (χ3n) is 4.78. The summed E-state index contributed by atoms with van der Waals surface area (Å²) in [5, 5.41) is 0. The quantitative estimate of drug-likeness (QED) is 0.839. The highest BCUT2D eigenvalue weighted by atomic mass is 16.5. The largest absolute Gasteiger partial charge is 0.493 e. The first kappa shape index (κ1) is 17.3.